The number of nitrogens with one attached hydrogen (secondary N) is 2. The molecule has 8 heteroatoms. The molecule has 1 aliphatic heterocycles. The van der Waals surface area contributed by atoms with Crippen LogP contribution < -0.4 is 10.6 Å². The molecule has 2 amide bonds. The molecule has 1 aromatic carbocycles. The maximum atomic E-state index is 12.9. The van der Waals surface area contributed by atoms with Crippen molar-refractivity contribution >= 4 is 33.1 Å². The highest BCUT2D eigenvalue weighted by Gasteiger charge is 2.33. The lowest BCUT2D eigenvalue weighted by Gasteiger charge is -2.34. The summed E-state index contributed by atoms with van der Waals surface area (Å²) in [6, 6.07) is 10.6. The van der Waals surface area contributed by atoms with Crippen LogP contribution in [0.15, 0.2) is 46.0 Å². The third kappa shape index (κ3) is 5.09. The molecule has 27 heavy (non-hydrogen) atoms. The number of piperidine rings is 1. The number of hydrogen-bond donors (Lipinski definition) is 2. The van der Waals surface area contributed by atoms with Crippen molar-refractivity contribution in [2.24, 2.45) is 0 Å². The zero-order valence-corrected chi connectivity index (χ0v) is 17.0. The molecule has 0 aliphatic carbocycles. The zero-order chi connectivity index (χ0) is 19.3. The molecule has 0 radical (unpaired) electrons. The van der Waals surface area contributed by atoms with E-state index in [2.05, 4.69) is 10.6 Å². The highest BCUT2D eigenvalue weighted by atomic mass is 32.2. The molecule has 0 bridgehead atoms. The van der Waals surface area contributed by atoms with Crippen LogP contribution in [-0.4, -0.2) is 37.9 Å². The maximum Gasteiger partial charge on any atom is 0.319 e. The predicted octanol–water partition coefficient (Wildman–Crippen LogP) is 3.81. The van der Waals surface area contributed by atoms with Gasteiger partial charge in [0, 0.05) is 24.8 Å². The van der Waals surface area contributed by atoms with Crippen molar-refractivity contribution in [2.45, 2.75) is 42.9 Å². The lowest BCUT2D eigenvalue weighted by atomic mass is 10.0. The van der Waals surface area contributed by atoms with Gasteiger partial charge in [-0.05, 0) is 55.3 Å². The second-order valence-electron chi connectivity index (χ2n) is 6.74. The first kappa shape index (κ1) is 19.9. The van der Waals surface area contributed by atoms with Crippen molar-refractivity contribution in [1.82, 2.24) is 9.62 Å². The van der Waals surface area contributed by atoms with Crippen LogP contribution in [0.3, 0.4) is 0 Å². The summed E-state index contributed by atoms with van der Waals surface area (Å²) >= 11 is 1.25. The lowest BCUT2D eigenvalue weighted by molar-refractivity contribution is 0.234. The molecule has 0 saturated carbocycles. The van der Waals surface area contributed by atoms with Crippen LogP contribution in [0.1, 0.15) is 31.2 Å². The lowest BCUT2D eigenvalue weighted by Crippen LogP contribution is -2.45. The average Bonchev–Trinajstić information content (AvgIpc) is 3.17. The number of carbonyl (C=O) groups excluding carboxylic acids is 1. The van der Waals surface area contributed by atoms with Crippen molar-refractivity contribution < 1.29 is 13.2 Å². The molecular formula is C19H25N3O3S2. The van der Waals surface area contributed by atoms with Gasteiger partial charge in [-0.2, -0.15) is 4.31 Å². The van der Waals surface area contributed by atoms with Crippen molar-refractivity contribution in [3.05, 3.63) is 47.3 Å². The SMILES string of the molecule is Cc1cccc(NC(=O)NCC[C@@H]2CCCCN2S(=O)(=O)c2cccs2)c1. The predicted molar refractivity (Wildman–Crippen MR) is 109 cm³/mol. The van der Waals surface area contributed by atoms with E-state index in [0.717, 1.165) is 30.5 Å². The van der Waals surface area contributed by atoms with Crippen LogP contribution in [0.25, 0.3) is 0 Å². The van der Waals surface area contributed by atoms with Gasteiger partial charge in [0.05, 0.1) is 0 Å². The number of rotatable bonds is 6. The van der Waals surface area contributed by atoms with Gasteiger partial charge in [-0.1, -0.05) is 24.6 Å². The molecule has 1 saturated heterocycles. The third-order valence-electron chi connectivity index (χ3n) is 4.67. The minimum Gasteiger partial charge on any atom is -0.338 e. The summed E-state index contributed by atoms with van der Waals surface area (Å²) in [5, 5.41) is 7.42. The first-order chi connectivity index (χ1) is 13.0. The van der Waals surface area contributed by atoms with E-state index in [0.29, 0.717) is 23.7 Å². The van der Waals surface area contributed by atoms with Gasteiger partial charge >= 0.3 is 6.03 Å². The molecule has 3 rings (SSSR count). The molecule has 1 atom stereocenters. The van der Waals surface area contributed by atoms with Crippen molar-refractivity contribution in [1.29, 1.82) is 0 Å². The molecule has 2 heterocycles. The van der Waals surface area contributed by atoms with Crippen molar-refractivity contribution in [3.63, 3.8) is 0 Å². The Morgan fingerprint density at radius 1 is 1.26 bits per heavy atom. The summed E-state index contributed by atoms with van der Waals surface area (Å²) in [5.41, 5.74) is 1.82. The number of benzene rings is 1. The van der Waals surface area contributed by atoms with E-state index in [1.54, 1.807) is 21.8 Å². The summed E-state index contributed by atoms with van der Waals surface area (Å²) in [4.78, 5) is 12.1. The monoisotopic (exact) mass is 407 g/mol. The Morgan fingerprint density at radius 2 is 2.11 bits per heavy atom. The number of aryl methyl sites for hydroxylation is 1. The number of nitrogens with zero attached hydrogens (tertiary/aromatic N) is 1. The average molecular weight is 408 g/mol. The summed E-state index contributed by atoms with van der Waals surface area (Å²) in [6.07, 6.45) is 3.32. The molecule has 6 nitrogen and oxygen atoms in total. The minimum absolute atomic E-state index is 0.0786. The van der Waals surface area contributed by atoms with E-state index < -0.39 is 10.0 Å². The van der Waals surface area contributed by atoms with Crippen molar-refractivity contribution in [3.8, 4) is 0 Å². The second kappa shape index (κ2) is 8.86. The smallest absolute Gasteiger partial charge is 0.319 e. The number of thiophene rings is 1. The van der Waals surface area contributed by atoms with E-state index in [-0.39, 0.29) is 12.1 Å². The molecule has 0 spiro atoms. The Hall–Kier alpha value is -1.90. The fourth-order valence-corrected chi connectivity index (χ4v) is 6.20. The van der Waals surface area contributed by atoms with Crippen LogP contribution in [0, 0.1) is 6.92 Å². The van der Waals surface area contributed by atoms with E-state index in [1.807, 2.05) is 31.2 Å². The Bertz CT molecular complexity index is 866. The number of urea groups is 1. The summed E-state index contributed by atoms with van der Waals surface area (Å²) in [7, 11) is -3.45. The van der Waals surface area contributed by atoms with Gasteiger partial charge in [-0.3, -0.25) is 0 Å². The first-order valence-electron chi connectivity index (χ1n) is 9.14. The topological polar surface area (TPSA) is 78.5 Å². The fraction of sp³-hybridized carbons (Fsp3) is 0.421. The molecular weight excluding hydrogens is 382 g/mol. The Balaban J connectivity index is 1.55. The number of hydrogen-bond acceptors (Lipinski definition) is 4. The number of sulfonamides is 1. The molecule has 1 aromatic heterocycles. The van der Waals surface area contributed by atoms with E-state index in [1.165, 1.54) is 11.3 Å². The Labute approximate surface area is 164 Å². The maximum absolute atomic E-state index is 12.9. The summed E-state index contributed by atoms with van der Waals surface area (Å²) in [6.45, 7) is 2.94. The molecule has 0 unspecified atom stereocenters. The van der Waals surface area contributed by atoms with Gasteiger partial charge in [0.15, 0.2) is 0 Å². The van der Waals surface area contributed by atoms with Gasteiger partial charge in [0.1, 0.15) is 4.21 Å². The molecule has 2 aromatic rings. The first-order valence-corrected chi connectivity index (χ1v) is 11.5. The fourth-order valence-electron chi connectivity index (χ4n) is 3.36. The van der Waals surface area contributed by atoms with Gasteiger partial charge < -0.3 is 10.6 Å². The highest BCUT2D eigenvalue weighted by molar-refractivity contribution is 7.91. The van der Waals surface area contributed by atoms with Crippen LogP contribution in [0.2, 0.25) is 0 Å². The molecule has 1 aliphatic rings. The van der Waals surface area contributed by atoms with E-state index in [4.69, 9.17) is 0 Å². The quantitative estimate of drug-likeness (QED) is 0.764. The van der Waals surface area contributed by atoms with E-state index >= 15 is 0 Å². The zero-order valence-electron chi connectivity index (χ0n) is 15.3. The largest absolute Gasteiger partial charge is 0.338 e. The number of carbonyl (C=O) groups is 1. The number of anilines is 1. The molecule has 2 N–H and O–H groups in total. The van der Waals surface area contributed by atoms with Crippen LogP contribution >= 0.6 is 11.3 Å². The molecule has 146 valence electrons. The summed E-state index contributed by atoms with van der Waals surface area (Å²) in [5.74, 6) is 0. The van der Waals surface area contributed by atoms with E-state index in [9.17, 15) is 13.2 Å². The standard InChI is InChI=1S/C19H25N3O3S2/c1-15-6-4-7-16(14-15)21-19(23)20-11-10-17-8-2-3-12-22(17)27(24,25)18-9-5-13-26-18/h4-7,9,13-14,17H,2-3,8,10-12H2,1H3,(H2,20,21,23)/t17-/m0/s1. The van der Waals surface area contributed by atoms with Gasteiger partial charge in [0.25, 0.3) is 10.0 Å². The minimum atomic E-state index is -3.45. The van der Waals surface area contributed by atoms with Gasteiger partial charge in [-0.25, -0.2) is 13.2 Å². The van der Waals surface area contributed by atoms with Crippen LogP contribution in [-0.2, 0) is 10.0 Å². The Morgan fingerprint density at radius 3 is 2.85 bits per heavy atom. The summed E-state index contributed by atoms with van der Waals surface area (Å²) < 4.78 is 27.7. The van der Waals surface area contributed by atoms with Crippen LogP contribution in [0.5, 0.6) is 0 Å². The van der Waals surface area contributed by atoms with Crippen molar-refractivity contribution in [2.75, 3.05) is 18.4 Å². The second-order valence-corrected chi connectivity index (χ2v) is 9.80. The normalized spacial score (nSPS) is 18.2. The Kier molecular flexibility index (Phi) is 6.51. The highest BCUT2D eigenvalue weighted by Crippen LogP contribution is 2.29. The third-order valence-corrected chi connectivity index (χ3v) is 8.00. The molecule has 1 fully saturated rings. The number of amides is 2. The van der Waals surface area contributed by atoms with Gasteiger partial charge in [-0.15, -0.1) is 11.3 Å². The van der Waals surface area contributed by atoms with Gasteiger partial charge in [0.2, 0.25) is 0 Å². The van der Waals surface area contributed by atoms with Crippen LogP contribution in [0.4, 0.5) is 10.5 Å².